The fourth-order valence-electron chi connectivity index (χ4n) is 4.49. The maximum Gasteiger partial charge on any atom is 0.311 e. The summed E-state index contributed by atoms with van der Waals surface area (Å²) in [5, 5.41) is 2.00. The molecule has 0 saturated carbocycles. The number of carbonyl (C=O) groups is 3. The van der Waals surface area contributed by atoms with Gasteiger partial charge in [0.05, 0.1) is 20.1 Å². The third-order valence-corrected chi connectivity index (χ3v) is 5.79. The van der Waals surface area contributed by atoms with Gasteiger partial charge in [-0.05, 0) is 5.56 Å². The van der Waals surface area contributed by atoms with Crippen molar-refractivity contribution in [1.29, 1.82) is 0 Å². The number of amides is 2. The molecule has 6 heteroatoms. The van der Waals surface area contributed by atoms with Gasteiger partial charge in [-0.1, -0.05) is 60.7 Å². The van der Waals surface area contributed by atoms with Crippen molar-refractivity contribution < 1.29 is 24.4 Å². The van der Waals surface area contributed by atoms with Crippen molar-refractivity contribution in [2.24, 2.45) is 11.8 Å². The second-order valence-electron chi connectivity index (χ2n) is 7.37. The molecule has 2 N–H and O–H groups in total. The van der Waals surface area contributed by atoms with E-state index in [1.165, 1.54) is 12.0 Å². The molecular weight excluding hydrogens is 356 g/mol. The van der Waals surface area contributed by atoms with E-state index in [4.69, 9.17) is 4.74 Å². The number of nitrogens with two attached hydrogens (primary N) is 1. The summed E-state index contributed by atoms with van der Waals surface area (Å²) in [4.78, 5) is 39.7. The van der Waals surface area contributed by atoms with E-state index in [1.54, 1.807) is 0 Å². The Balaban J connectivity index is 1.66. The number of fused-ring (bicyclic) bond motifs is 1. The smallest absolute Gasteiger partial charge is 0.311 e. The lowest BCUT2D eigenvalue weighted by Crippen LogP contribution is -2.89. The fourth-order valence-corrected chi connectivity index (χ4v) is 4.49. The van der Waals surface area contributed by atoms with Crippen molar-refractivity contribution in [3.63, 3.8) is 0 Å². The van der Waals surface area contributed by atoms with Gasteiger partial charge in [0, 0.05) is 5.56 Å². The summed E-state index contributed by atoms with van der Waals surface area (Å²) in [7, 11) is 1.34. The predicted octanol–water partition coefficient (Wildman–Crippen LogP) is 1.04. The van der Waals surface area contributed by atoms with Crippen LogP contribution >= 0.6 is 0 Å². The van der Waals surface area contributed by atoms with Crippen LogP contribution in [0, 0.1) is 11.8 Å². The molecule has 2 aliphatic heterocycles. The topological polar surface area (TPSA) is 80.3 Å². The average Bonchev–Trinajstić information content (AvgIpc) is 3.21. The molecule has 2 aliphatic rings. The van der Waals surface area contributed by atoms with E-state index in [9.17, 15) is 14.4 Å². The van der Waals surface area contributed by atoms with Crippen molar-refractivity contribution in [3.05, 3.63) is 71.8 Å². The number of quaternary nitrogens is 1. The molecule has 6 nitrogen and oxygen atoms in total. The van der Waals surface area contributed by atoms with E-state index in [2.05, 4.69) is 0 Å². The largest absolute Gasteiger partial charge is 0.469 e. The van der Waals surface area contributed by atoms with Gasteiger partial charge in [0.15, 0.2) is 0 Å². The van der Waals surface area contributed by atoms with Gasteiger partial charge in [-0.2, -0.15) is 0 Å². The van der Waals surface area contributed by atoms with E-state index in [0.29, 0.717) is 0 Å². The number of methoxy groups -OCH3 is 1. The van der Waals surface area contributed by atoms with Crippen LogP contribution in [-0.4, -0.2) is 35.8 Å². The highest BCUT2D eigenvalue weighted by molar-refractivity contribution is 6.06. The Bertz CT molecular complexity index is 884. The molecule has 0 radical (unpaired) electrons. The number of hydrogen-bond acceptors (Lipinski definition) is 4. The Morgan fingerprint density at radius 2 is 1.57 bits per heavy atom. The second kappa shape index (κ2) is 7.56. The number of carbonyl (C=O) groups excluding carboxylic acids is 3. The summed E-state index contributed by atoms with van der Waals surface area (Å²) < 4.78 is 4.82. The van der Waals surface area contributed by atoms with E-state index in [-0.39, 0.29) is 42.8 Å². The molecule has 2 saturated heterocycles. The van der Waals surface area contributed by atoms with Crippen LogP contribution in [0.25, 0.3) is 0 Å². The van der Waals surface area contributed by atoms with E-state index in [1.807, 2.05) is 66.0 Å². The first-order chi connectivity index (χ1) is 13.6. The minimum absolute atomic E-state index is 0.110. The highest BCUT2D eigenvalue weighted by atomic mass is 16.5. The molecule has 4 atom stereocenters. The normalized spacial score (nSPS) is 26.4. The zero-order valence-corrected chi connectivity index (χ0v) is 15.7. The molecule has 0 spiro atoms. The quantitative estimate of drug-likeness (QED) is 0.622. The molecule has 0 unspecified atom stereocenters. The number of imide groups is 1. The zero-order valence-electron chi connectivity index (χ0n) is 15.7. The lowest BCUT2D eigenvalue weighted by molar-refractivity contribution is -0.710. The molecule has 2 aromatic carbocycles. The van der Waals surface area contributed by atoms with Crippen molar-refractivity contribution >= 4 is 17.8 Å². The van der Waals surface area contributed by atoms with Crippen molar-refractivity contribution in [2.75, 3.05) is 7.11 Å². The van der Waals surface area contributed by atoms with Gasteiger partial charge in [-0.3, -0.25) is 19.3 Å². The van der Waals surface area contributed by atoms with Gasteiger partial charge >= 0.3 is 5.97 Å². The highest BCUT2D eigenvalue weighted by Gasteiger charge is 2.62. The van der Waals surface area contributed by atoms with Crippen LogP contribution in [0.2, 0.25) is 0 Å². The summed E-state index contributed by atoms with van der Waals surface area (Å²) >= 11 is 0. The second-order valence-corrected chi connectivity index (χ2v) is 7.37. The number of benzene rings is 2. The molecule has 0 aliphatic carbocycles. The number of likely N-dealkylation sites (tertiary alicyclic amines) is 1. The Labute approximate surface area is 163 Å². The van der Waals surface area contributed by atoms with Gasteiger partial charge in [-0.25, -0.2) is 0 Å². The molecule has 0 aromatic heterocycles. The van der Waals surface area contributed by atoms with Crippen molar-refractivity contribution in [3.8, 4) is 0 Å². The molecule has 2 heterocycles. The van der Waals surface area contributed by atoms with Crippen LogP contribution < -0.4 is 5.32 Å². The van der Waals surface area contributed by atoms with Crippen LogP contribution in [-0.2, 0) is 25.7 Å². The van der Waals surface area contributed by atoms with Crippen LogP contribution in [0.15, 0.2) is 60.7 Å². The standard InChI is InChI=1S/C22H22N2O4/c1-28-17(25)12-16-18-19(20(23-16)15-10-6-3-7-11-15)22(27)24(21(18)26)13-14-8-4-2-5-9-14/h2-11,16,18-20,23H,12-13H2,1H3/p+1/t16-,18-,19+,20+/m1/s1. The molecule has 2 aromatic rings. The van der Waals surface area contributed by atoms with Crippen LogP contribution in [0.3, 0.4) is 0 Å². The Kier molecular flexibility index (Phi) is 4.96. The molecule has 28 heavy (non-hydrogen) atoms. The number of esters is 1. The maximum atomic E-state index is 13.3. The number of rotatable bonds is 5. The number of nitrogens with zero attached hydrogens (tertiary/aromatic N) is 1. The first-order valence-electron chi connectivity index (χ1n) is 9.46. The first kappa shape index (κ1) is 18.4. The van der Waals surface area contributed by atoms with Crippen molar-refractivity contribution in [2.45, 2.75) is 25.0 Å². The monoisotopic (exact) mass is 379 g/mol. The van der Waals surface area contributed by atoms with Crippen LogP contribution in [0.4, 0.5) is 0 Å². The van der Waals surface area contributed by atoms with Gasteiger partial charge in [-0.15, -0.1) is 0 Å². The van der Waals surface area contributed by atoms with E-state index >= 15 is 0 Å². The van der Waals surface area contributed by atoms with Crippen molar-refractivity contribution in [1.82, 2.24) is 4.90 Å². The lowest BCUT2D eigenvalue weighted by Gasteiger charge is -2.20. The fraction of sp³-hybridized carbons (Fsp3) is 0.318. The summed E-state index contributed by atoms with van der Waals surface area (Å²) in [6, 6.07) is 18.7. The average molecular weight is 379 g/mol. The number of hydrogen-bond donors (Lipinski definition) is 1. The summed E-state index contributed by atoms with van der Waals surface area (Å²) in [5.74, 6) is -1.69. The molecular formula is C22H23N2O4+. The van der Waals surface area contributed by atoms with E-state index < -0.39 is 11.8 Å². The van der Waals surface area contributed by atoms with Gasteiger partial charge in [0.2, 0.25) is 11.8 Å². The third-order valence-electron chi connectivity index (χ3n) is 5.79. The SMILES string of the molecule is COC(=O)C[C@H]1[NH2+][C@@H](c2ccccc2)[C@H]2C(=O)N(Cc3ccccc3)C(=O)[C@@H]21. The molecule has 144 valence electrons. The maximum absolute atomic E-state index is 13.3. The van der Waals surface area contributed by atoms with Gasteiger partial charge in [0.25, 0.3) is 0 Å². The Hall–Kier alpha value is -2.99. The zero-order chi connectivity index (χ0) is 19.7. The predicted molar refractivity (Wildman–Crippen MR) is 101 cm³/mol. The Morgan fingerprint density at radius 1 is 0.964 bits per heavy atom. The highest BCUT2D eigenvalue weighted by Crippen LogP contribution is 2.41. The van der Waals surface area contributed by atoms with Gasteiger partial charge in [0.1, 0.15) is 23.9 Å². The molecule has 0 bridgehead atoms. The Morgan fingerprint density at radius 3 is 2.21 bits per heavy atom. The summed E-state index contributed by atoms with van der Waals surface area (Å²) in [6.45, 7) is 0.262. The summed E-state index contributed by atoms with van der Waals surface area (Å²) in [6.07, 6.45) is 0.110. The van der Waals surface area contributed by atoms with E-state index in [0.717, 1.165) is 11.1 Å². The third kappa shape index (κ3) is 3.20. The lowest BCUT2D eigenvalue weighted by atomic mass is 9.86. The summed E-state index contributed by atoms with van der Waals surface area (Å²) in [5.41, 5.74) is 1.90. The molecule has 4 rings (SSSR count). The minimum atomic E-state index is -0.513. The van der Waals surface area contributed by atoms with Crippen LogP contribution in [0.5, 0.6) is 0 Å². The van der Waals surface area contributed by atoms with Crippen LogP contribution in [0.1, 0.15) is 23.6 Å². The molecule has 2 fully saturated rings. The number of ether oxygens (including phenoxy) is 1. The first-order valence-corrected chi connectivity index (χ1v) is 9.46. The minimum Gasteiger partial charge on any atom is -0.469 e. The van der Waals surface area contributed by atoms with Gasteiger partial charge < -0.3 is 10.1 Å². The molecule has 2 amide bonds.